The van der Waals surface area contributed by atoms with Gasteiger partial charge in [-0.25, -0.2) is 8.93 Å². The summed E-state index contributed by atoms with van der Waals surface area (Å²) in [5, 5.41) is 0.648. The average molecular weight is 288 g/mol. The maximum Gasteiger partial charge on any atom is 0.126 e. The molecule has 5 heteroatoms. The van der Waals surface area contributed by atoms with Gasteiger partial charge in [0.15, 0.2) is 0 Å². The second kappa shape index (κ2) is 4.51. The molecule has 1 aliphatic heterocycles. The van der Waals surface area contributed by atoms with Crippen molar-refractivity contribution in [3.05, 3.63) is 28.8 Å². The zero-order valence-corrected chi connectivity index (χ0v) is 12.6. The van der Waals surface area contributed by atoms with Gasteiger partial charge in [0.1, 0.15) is 12.4 Å². The van der Waals surface area contributed by atoms with Crippen LogP contribution in [0.15, 0.2) is 18.2 Å². The normalized spacial score (nSPS) is 24.5. The van der Waals surface area contributed by atoms with Crippen LogP contribution in [0.25, 0.3) is 0 Å². The van der Waals surface area contributed by atoms with Crippen LogP contribution in [-0.4, -0.2) is 15.6 Å². The first-order valence-electron chi connectivity index (χ1n) is 5.85. The molecule has 1 heterocycles. The van der Waals surface area contributed by atoms with Crippen molar-refractivity contribution in [1.29, 1.82) is 0 Å². The number of fused-ring (bicyclic) bond motifs is 1. The molecule has 2 unspecified atom stereocenters. The van der Waals surface area contributed by atoms with Crippen molar-refractivity contribution in [2.24, 2.45) is 0 Å². The lowest BCUT2D eigenvalue weighted by Gasteiger charge is -2.28. The molecule has 0 bridgehead atoms. The van der Waals surface area contributed by atoms with Crippen LogP contribution in [0.5, 0.6) is 5.75 Å². The van der Waals surface area contributed by atoms with Gasteiger partial charge in [0.25, 0.3) is 0 Å². The molecular formula is C13H18ClNO2S. The molecule has 1 N–H and O–H groups in total. The Hall–Kier alpha value is -0.580. The highest BCUT2D eigenvalue weighted by atomic mass is 35.5. The van der Waals surface area contributed by atoms with E-state index in [0.717, 1.165) is 11.3 Å². The quantitative estimate of drug-likeness (QED) is 0.908. The van der Waals surface area contributed by atoms with E-state index < -0.39 is 16.5 Å². The molecule has 1 aliphatic rings. The lowest BCUT2D eigenvalue weighted by molar-refractivity contribution is 0.269. The van der Waals surface area contributed by atoms with Gasteiger partial charge in [-0.15, -0.1) is 0 Å². The third kappa shape index (κ3) is 2.56. The highest BCUT2D eigenvalue weighted by molar-refractivity contribution is 7.84. The van der Waals surface area contributed by atoms with Crippen molar-refractivity contribution in [2.45, 2.75) is 38.0 Å². The number of halogens is 1. The van der Waals surface area contributed by atoms with Crippen molar-refractivity contribution in [3.63, 3.8) is 0 Å². The van der Waals surface area contributed by atoms with E-state index in [0.29, 0.717) is 11.6 Å². The molecule has 0 saturated carbocycles. The number of rotatable bonds is 2. The van der Waals surface area contributed by atoms with E-state index in [2.05, 4.69) is 4.72 Å². The van der Waals surface area contributed by atoms with Gasteiger partial charge in [0.05, 0.1) is 21.3 Å². The van der Waals surface area contributed by atoms with Crippen LogP contribution < -0.4 is 9.46 Å². The molecule has 0 radical (unpaired) electrons. The van der Waals surface area contributed by atoms with Gasteiger partial charge < -0.3 is 4.74 Å². The zero-order chi connectivity index (χ0) is 13.6. The maximum atomic E-state index is 12.2. The molecule has 0 aliphatic carbocycles. The maximum absolute atomic E-state index is 12.2. The Labute approximate surface area is 115 Å². The van der Waals surface area contributed by atoms with Gasteiger partial charge in [-0.2, -0.15) is 0 Å². The molecule has 1 aromatic rings. The molecule has 2 atom stereocenters. The summed E-state index contributed by atoms with van der Waals surface area (Å²) in [7, 11) is -1.14. The van der Waals surface area contributed by atoms with E-state index in [1.54, 1.807) is 6.07 Å². The smallest absolute Gasteiger partial charge is 0.126 e. The minimum absolute atomic E-state index is 0.307. The van der Waals surface area contributed by atoms with Crippen LogP contribution in [0.1, 0.15) is 33.3 Å². The summed E-state index contributed by atoms with van der Waals surface area (Å²) in [4.78, 5) is 0. The van der Waals surface area contributed by atoms with Gasteiger partial charge in [-0.1, -0.05) is 17.7 Å². The molecule has 0 spiro atoms. The summed E-state index contributed by atoms with van der Waals surface area (Å²) in [5.41, 5.74) is 0.572. The molecule has 0 amide bonds. The number of hydrogen-bond donors (Lipinski definition) is 1. The Balaban J connectivity index is 2.28. The van der Waals surface area contributed by atoms with Gasteiger partial charge in [0, 0.05) is 10.6 Å². The standard InChI is InChI=1S/C13H18ClNO2S/c1-12(2,3)18(16)15-13(4)8-17-11-7-9(14)5-6-10(11)13/h5-7,15H,8H2,1-4H3. The lowest BCUT2D eigenvalue weighted by Crippen LogP contribution is -2.47. The summed E-state index contributed by atoms with van der Waals surface area (Å²) in [6, 6.07) is 5.55. The van der Waals surface area contributed by atoms with Crippen molar-refractivity contribution in [2.75, 3.05) is 6.61 Å². The number of ether oxygens (including phenoxy) is 1. The summed E-state index contributed by atoms with van der Waals surface area (Å²) in [6.45, 7) is 8.29. The largest absolute Gasteiger partial charge is 0.491 e. The fourth-order valence-electron chi connectivity index (χ4n) is 1.81. The molecule has 18 heavy (non-hydrogen) atoms. The first-order valence-corrected chi connectivity index (χ1v) is 7.38. The fourth-order valence-corrected chi connectivity index (χ4v) is 2.86. The van der Waals surface area contributed by atoms with E-state index in [-0.39, 0.29) is 4.75 Å². The van der Waals surface area contributed by atoms with Crippen LogP contribution in [0.3, 0.4) is 0 Å². The summed E-state index contributed by atoms with van der Waals surface area (Å²) < 4.78 is 20.7. The minimum atomic E-state index is -1.14. The van der Waals surface area contributed by atoms with Gasteiger partial charge in [-0.05, 0) is 39.8 Å². The van der Waals surface area contributed by atoms with Gasteiger partial charge in [0.2, 0.25) is 0 Å². The molecule has 0 saturated heterocycles. The number of benzene rings is 1. The molecule has 1 aromatic carbocycles. The Bertz CT molecular complexity index is 498. The Morgan fingerprint density at radius 2 is 2.11 bits per heavy atom. The van der Waals surface area contributed by atoms with Crippen molar-refractivity contribution in [3.8, 4) is 5.75 Å². The molecule has 100 valence electrons. The van der Waals surface area contributed by atoms with Crippen molar-refractivity contribution in [1.82, 2.24) is 4.72 Å². The van der Waals surface area contributed by atoms with Crippen LogP contribution in [0, 0.1) is 0 Å². The average Bonchev–Trinajstić information content (AvgIpc) is 2.54. The molecule has 2 rings (SSSR count). The zero-order valence-electron chi connectivity index (χ0n) is 11.0. The van der Waals surface area contributed by atoms with Crippen LogP contribution in [-0.2, 0) is 16.5 Å². The van der Waals surface area contributed by atoms with Crippen LogP contribution in [0.4, 0.5) is 0 Å². The predicted octanol–water partition coefficient (Wildman–Crippen LogP) is 3.00. The van der Waals surface area contributed by atoms with Crippen molar-refractivity contribution < 1.29 is 8.95 Å². The van der Waals surface area contributed by atoms with Crippen LogP contribution in [0.2, 0.25) is 5.02 Å². The van der Waals surface area contributed by atoms with E-state index in [9.17, 15) is 4.21 Å². The van der Waals surface area contributed by atoms with E-state index >= 15 is 0 Å². The third-order valence-corrected chi connectivity index (χ3v) is 4.91. The summed E-state index contributed by atoms with van der Waals surface area (Å²) in [6.07, 6.45) is 0. The number of nitrogens with one attached hydrogen (secondary N) is 1. The predicted molar refractivity (Wildman–Crippen MR) is 75.3 cm³/mol. The van der Waals surface area contributed by atoms with Gasteiger partial charge in [-0.3, -0.25) is 0 Å². The third-order valence-electron chi connectivity index (χ3n) is 2.93. The second-order valence-electron chi connectivity index (χ2n) is 5.74. The van der Waals surface area contributed by atoms with Gasteiger partial charge >= 0.3 is 0 Å². The van der Waals surface area contributed by atoms with E-state index in [1.165, 1.54) is 0 Å². The Morgan fingerprint density at radius 3 is 2.72 bits per heavy atom. The van der Waals surface area contributed by atoms with E-state index in [4.69, 9.17) is 16.3 Å². The van der Waals surface area contributed by atoms with Crippen LogP contribution >= 0.6 is 11.6 Å². The Kier molecular flexibility index (Phi) is 3.47. The van der Waals surface area contributed by atoms with E-state index in [1.807, 2.05) is 39.8 Å². The highest BCUT2D eigenvalue weighted by Crippen LogP contribution is 2.39. The first kappa shape index (κ1) is 13.8. The molecule has 3 nitrogen and oxygen atoms in total. The summed E-state index contributed by atoms with van der Waals surface area (Å²) in [5.74, 6) is 0.767. The minimum Gasteiger partial charge on any atom is -0.491 e. The lowest BCUT2D eigenvalue weighted by atomic mass is 9.96. The molecule has 0 fully saturated rings. The SMILES string of the molecule is CC1(NS(=O)C(C)(C)C)COc2cc(Cl)ccc21. The Morgan fingerprint density at radius 1 is 1.44 bits per heavy atom. The highest BCUT2D eigenvalue weighted by Gasteiger charge is 2.39. The number of hydrogen-bond acceptors (Lipinski definition) is 2. The monoisotopic (exact) mass is 287 g/mol. The molecule has 0 aromatic heterocycles. The van der Waals surface area contributed by atoms with Crippen molar-refractivity contribution >= 4 is 22.6 Å². The molecular weight excluding hydrogens is 270 g/mol. The fraction of sp³-hybridized carbons (Fsp3) is 0.538. The first-order chi connectivity index (χ1) is 8.22. The topological polar surface area (TPSA) is 38.3 Å². The summed E-state index contributed by atoms with van der Waals surface area (Å²) >= 11 is 5.93. The second-order valence-corrected chi connectivity index (χ2v) is 8.15.